The van der Waals surface area contributed by atoms with Gasteiger partial charge in [-0.25, -0.2) is 0 Å². The summed E-state index contributed by atoms with van der Waals surface area (Å²) in [7, 11) is -0.427. The second-order valence-corrected chi connectivity index (χ2v) is 9.44. The molecule has 0 saturated heterocycles. The maximum atomic E-state index is 6.02. The van der Waals surface area contributed by atoms with E-state index in [-0.39, 0.29) is 0 Å². The van der Waals surface area contributed by atoms with E-state index in [1.807, 2.05) is 24.3 Å². The number of ether oxygens (including phenoxy) is 1. The van der Waals surface area contributed by atoms with Crippen molar-refractivity contribution in [1.29, 1.82) is 0 Å². The molecule has 3 nitrogen and oxygen atoms in total. The number of hydrogen-bond donors (Lipinski definition) is 0. The zero-order valence-electron chi connectivity index (χ0n) is 14.7. The van der Waals surface area contributed by atoms with Gasteiger partial charge in [-0.2, -0.15) is 0 Å². The van der Waals surface area contributed by atoms with Gasteiger partial charge in [0.15, 0.2) is 0 Å². The molecule has 0 N–H and O–H groups in total. The number of benzene rings is 1. The lowest BCUT2D eigenvalue weighted by molar-refractivity contribution is 0.240. The first-order valence-corrected chi connectivity index (χ1v) is 11.4. The number of hydrogen-bond acceptors (Lipinski definition) is 3. The molecular weight excluding hydrogens is 292 g/mol. The van der Waals surface area contributed by atoms with Gasteiger partial charge in [-0.1, -0.05) is 45.4 Å². The van der Waals surface area contributed by atoms with Gasteiger partial charge in [-0.05, 0) is 43.8 Å². The molecule has 126 valence electrons. The minimum absolute atomic E-state index is 0.809. The van der Waals surface area contributed by atoms with Gasteiger partial charge in [0.25, 0.3) is 0 Å². The van der Waals surface area contributed by atoms with E-state index in [0.717, 1.165) is 24.5 Å². The Morgan fingerprint density at radius 1 is 0.818 bits per heavy atom. The molecule has 0 aromatic heterocycles. The van der Waals surface area contributed by atoms with Crippen molar-refractivity contribution in [2.75, 3.05) is 13.7 Å². The standard InChI is InChI=1S/C18H32O3Si/c1-5-6-7-8-9-10-11-16-20-22(3,4)21-18-14-12-17(19-2)13-15-18/h12-15H,5-11,16H2,1-4H3. The normalized spacial score (nSPS) is 11.5. The van der Waals surface area contributed by atoms with E-state index in [9.17, 15) is 0 Å². The Morgan fingerprint density at radius 3 is 1.95 bits per heavy atom. The number of methoxy groups -OCH3 is 1. The third-order valence-electron chi connectivity index (χ3n) is 3.62. The molecule has 1 aromatic rings. The summed E-state index contributed by atoms with van der Waals surface area (Å²) < 4.78 is 17.2. The summed E-state index contributed by atoms with van der Waals surface area (Å²) in [5.41, 5.74) is 0. The van der Waals surface area contributed by atoms with Crippen molar-refractivity contribution < 1.29 is 13.6 Å². The first-order chi connectivity index (χ1) is 10.6. The molecule has 0 aliphatic rings. The molecule has 0 radical (unpaired) electrons. The van der Waals surface area contributed by atoms with Gasteiger partial charge < -0.3 is 13.6 Å². The molecule has 0 aliphatic heterocycles. The van der Waals surface area contributed by atoms with Gasteiger partial charge in [0.2, 0.25) is 0 Å². The third-order valence-corrected chi connectivity index (χ3v) is 5.25. The molecule has 0 bridgehead atoms. The van der Waals surface area contributed by atoms with E-state index in [1.165, 1.54) is 38.5 Å². The summed E-state index contributed by atoms with van der Waals surface area (Å²) in [6, 6.07) is 7.70. The summed E-state index contributed by atoms with van der Waals surface area (Å²) in [6.07, 6.45) is 9.13. The molecule has 0 heterocycles. The van der Waals surface area contributed by atoms with Crippen LogP contribution in [0.1, 0.15) is 51.9 Å². The van der Waals surface area contributed by atoms with E-state index in [4.69, 9.17) is 13.6 Å². The highest BCUT2D eigenvalue weighted by molar-refractivity contribution is 6.65. The lowest BCUT2D eigenvalue weighted by Gasteiger charge is -2.24. The van der Waals surface area contributed by atoms with Crippen LogP contribution in [-0.2, 0) is 4.43 Å². The Bertz CT molecular complexity index is 390. The van der Waals surface area contributed by atoms with Crippen LogP contribution in [0.2, 0.25) is 13.1 Å². The SMILES string of the molecule is CCCCCCCCCO[Si](C)(C)Oc1ccc(OC)cc1. The highest BCUT2D eigenvalue weighted by Gasteiger charge is 2.26. The van der Waals surface area contributed by atoms with Crippen LogP contribution in [0.4, 0.5) is 0 Å². The first kappa shape index (κ1) is 19.0. The second kappa shape index (κ2) is 10.7. The topological polar surface area (TPSA) is 27.7 Å². The predicted molar refractivity (Wildman–Crippen MR) is 95.0 cm³/mol. The number of rotatable bonds is 12. The van der Waals surface area contributed by atoms with Crippen molar-refractivity contribution >= 4 is 8.56 Å². The lowest BCUT2D eigenvalue weighted by Crippen LogP contribution is -2.38. The molecule has 22 heavy (non-hydrogen) atoms. The van der Waals surface area contributed by atoms with Crippen LogP contribution >= 0.6 is 0 Å². The van der Waals surface area contributed by atoms with Crippen molar-refractivity contribution in [3.63, 3.8) is 0 Å². The Labute approximate surface area is 137 Å². The average Bonchev–Trinajstić information content (AvgIpc) is 2.50. The minimum Gasteiger partial charge on any atom is -0.520 e. The second-order valence-electron chi connectivity index (χ2n) is 6.15. The van der Waals surface area contributed by atoms with Crippen LogP contribution < -0.4 is 9.16 Å². The summed E-state index contributed by atoms with van der Waals surface area (Å²) in [6.45, 7) is 7.25. The van der Waals surface area contributed by atoms with Gasteiger partial charge in [-0.3, -0.25) is 0 Å². The van der Waals surface area contributed by atoms with E-state index >= 15 is 0 Å². The Hall–Kier alpha value is -1.00. The molecule has 1 rings (SSSR count). The van der Waals surface area contributed by atoms with Crippen molar-refractivity contribution in [3.8, 4) is 11.5 Å². The molecule has 0 aliphatic carbocycles. The largest absolute Gasteiger partial charge is 0.520 e. The maximum Gasteiger partial charge on any atom is 0.392 e. The number of unbranched alkanes of at least 4 members (excludes halogenated alkanes) is 6. The summed E-state index contributed by atoms with van der Waals surface area (Å²) in [4.78, 5) is 0. The van der Waals surface area contributed by atoms with Crippen LogP contribution in [0.5, 0.6) is 11.5 Å². The van der Waals surface area contributed by atoms with Gasteiger partial charge in [0.05, 0.1) is 7.11 Å². The monoisotopic (exact) mass is 324 g/mol. The summed E-state index contributed by atoms with van der Waals surface area (Å²) >= 11 is 0. The van der Waals surface area contributed by atoms with Crippen molar-refractivity contribution in [1.82, 2.24) is 0 Å². The summed E-state index contributed by atoms with van der Waals surface area (Å²) in [5.74, 6) is 1.70. The summed E-state index contributed by atoms with van der Waals surface area (Å²) in [5, 5.41) is 0. The fourth-order valence-corrected chi connectivity index (χ4v) is 3.73. The van der Waals surface area contributed by atoms with Crippen LogP contribution in [0, 0.1) is 0 Å². The average molecular weight is 325 g/mol. The highest BCUT2D eigenvalue weighted by Crippen LogP contribution is 2.21. The van der Waals surface area contributed by atoms with E-state index in [0.29, 0.717) is 0 Å². The van der Waals surface area contributed by atoms with Gasteiger partial charge >= 0.3 is 8.56 Å². The molecule has 0 fully saturated rings. The van der Waals surface area contributed by atoms with E-state index in [2.05, 4.69) is 20.0 Å². The highest BCUT2D eigenvalue weighted by atomic mass is 28.4. The first-order valence-electron chi connectivity index (χ1n) is 8.54. The minimum atomic E-state index is -2.09. The fourth-order valence-electron chi connectivity index (χ4n) is 2.33. The molecular formula is C18H32O3Si. The van der Waals surface area contributed by atoms with Gasteiger partial charge in [0.1, 0.15) is 11.5 Å². The molecule has 0 saturated carbocycles. The Kier molecular flexibility index (Phi) is 9.24. The zero-order valence-corrected chi connectivity index (χ0v) is 15.7. The molecule has 1 aromatic carbocycles. The molecule has 0 amide bonds. The van der Waals surface area contributed by atoms with Crippen LogP contribution in [0.3, 0.4) is 0 Å². The molecule has 0 spiro atoms. The molecule has 4 heteroatoms. The van der Waals surface area contributed by atoms with Crippen LogP contribution in [0.25, 0.3) is 0 Å². The molecule has 0 unspecified atom stereocenters. The van der Waals surface area contributed by atoms with Crippen molar-refractivity contribution in [3.05, 3.63) is 24.3 Å². The lowest BCUT2D eigenvalue weighted by atomic mass is 10.1. The smallest absolute Gasteiger partial charge is 0.392 e. The van der Waals surface area contributed by atoms with Crippen LogP contribution in [-0.4, -0.2) is 22.3 Å². The van der Waals surface area contributed by atoms with E-state index in [1.54, 1.807) is 7.11 Å². The van der Waals surface area contributed by atoms with Crippen LogP contribution in [0.15, 0.2) is 24.3 Å². The Balaban J connectivity index is 2.17. The fraction of sp³-hybridized carbons (Fsp3) is 0.667. The Morgan fingerprint density at radius 2 is 1.36 bits per heavy atom. The van der Waals surface area contributed by atoms with E-state index < -0.39 is 8.56 Å². The van der Waals surface area contributed by atoms with Gasteiger partial charge in [-0.15, -0.1) is 0 Å². The predicted octanol–water partition coefficient (Wildman–Crippen LogP) is 5.54. The zero-order chi connectivity index (χ0) is 16.3. The van der Waals surface area contributed by atoms with Gasteiger partial charge in [0, 0.05) is 6.61 Å². The van der Waals surface area contributed by atoms with Crippen molar-refractivity contribution in [2.24, 2.45) is 0 Å². The van der Waals surface area contributed by atoms with Crippen molar-refractivity contribution in [2.45, 2.75) is 65.0 Å². The quantitative estimate of drug-likeness (QED) is 0.373. The third kappa shape index (κ3) is 8.44. The maximum absolute atomic E-state index is 6.02. The molecule has 0 atom stereocenters.